The average Bonchev–Trinajstić information content (AvgIpc) is 2.77. The summed E-state index contributed by atoms with van der Waals surface area (Å²) in [5.41, 5.74) is 1.43. The molecule has 1 aliphatic rings. The van der Waals surface area contributed by atoms with E-state index in [-0.39, 0.29) is 0 Å². The molecule has 1 aliphatic heterocycles. The molecule has 1 heterocycles. The highest BCUT2D eigenvalue weighted by Gasteiger charge is 2.26. The van der Waals surface area contributed by atoms with Gasteiger partial charge >= 0.3 is 0 Å². The summed E-state index contributed by atoms with van der Waals surface area (Å²) in [7, 11) is 2.25. The first-order valence-corrected chi connectivity index (χ1v) is 6.65. The topological polar surface area (TPSA) is 6.48 Å². The molecule has 0 radical (unpaired) electrons. The van der Waals surface area contributed by atoms with Crippen LogP contribution in [-0.2, 0) is 6.54 Å². The van der Waals surface area contributed by atoms with Gasteiger partial charge in [-0.2, -0.15) is 0 Å². The molecule has 94 valence electrons. The lowest BCUT2D eigenvalue weighted by atomic mass is 10.2. The number of benzene rings is 1. The number of hydrogen-bond acceptors (Lipinski definition) is 2. The predicted molar refractivity (Wildman–Crippen MR) is 73.0 cm³/mol. The first kappa shape index (κ1) is 12.6. The van der Waals surface area contributed by atoms with E-state index < -0.39 is 0 Å². The Morgan fingerprint density at radius 1 is 1.29 bits per heavy atom. The van der Waals surface area contributed by atoms with Gasteiger partial charge in [-0.05, 0) is 32.9 Å². The lowest BCUT2D eigenvalue weighted by Crippen LogP contribution is -2.38. The minimum absolute atomic E-state index is 0.650. The van der Waals surface area contributed by atoms with Gasteiger partial charge in [0.2, 0.25) is 0 Å². The maximum Gasteiger partial charge on any atom is 0.0235 e. The summed E-state index contributed by atoms with van der Waals surface area (Å²) in [6.45, 7) is 8.10. The Hall–Kier alpha value is -0.860. The van der Waals surface area contributed by atoms with E-state index in [4.69, 9.17) is 0 Å². The van der Waals surface area contributed by atoms with Gasteiger partial charge < -0.3 is 0 Å². The molecule has 0 unspecified atom stereocenters. The number of likely N-dealkylation sites (tertiary alicyclic amines) is 1. The molecular weight excluding hydrogens is 208 g/mol. The van der Waals surface area contributed by atoms with Crippen LogP contribution in [-0.4, -0.2) is 42.0 Å². The van der Waals surface area contributed by atoms with Gasteiger partial charge in [0.05, 0.1) is 0 Å². The molecule has 1 fully saturated rings. The minimum atomic E-state index is 0.650. The van der Waals surface area contributed by atoms with Crippen molar-refractivity contribution in [1.29, 1.82) is 0 Å². The van der Waals surface area contributed by atoms with Crippen molar-refractivity contribution in [3.8, 4) is 0 Å². The fourth-order valence-electron chi connectivity index (χ4n) is 2.55. The maximum absolute atomic E-state index is 2.57. The number of likely N-dealkylation sites (N-methyl/N-ethyl adjacent to an activating group) is 1. The molecule has 0 N–H and O–H groups in total. The zero-order valence-corrected chi connectivity index (χ0v) is 11.3. The number of rotatable bonds is 4. The van der Waals surface area contributed by atoms with Crippen molar-refractivity contribution < 1.29 is 0 Å². The molecule has 0 aliphatic carbocycles. The Kier molecular flexibility index (Phi) is 4.19. The van der Waals surface area contributed by atoms with Gasteiger partial charge in [0.15, 0.2) is 0 Å². The molecule has 0 saturated carbocycles. The van der Waals surface area contributed by atoms with Gasteiger partial charge in [-0.15, -0.1) is 0 Å². The second kappa shape index (κ2) is 5.65. The Morgan fingerprint density at radius 3 is 2.65 bits per heavy atom. The quantitative estimate of drug-likeness (QED) is 0.787. The third-order valence-corrected chi connectivity index (χ3v) is 3.89. The fraction of sp³-hybridized carbons (Fsp3) is 0.600. The second-order valence-electron chi connectivity index (χ2n) is 5.42. The third kappa shape index (κ3) is 3.30. The van der Waals surface area contributed by atoms with Crippen LogP contribution in [0.4, 0.5) is 0 Å². The van der Waals surface area contributed by atoms with Crippen LogP contribution in [0.3, 0.4) is 0 Å². The minimum Gasteiger partial charge on any atom is -0.300 e. The number of nitrogens with zero attached hydrogens (tertiary/aromatic N) is 2. The molecule has 1 atom stereocenters. The van der Waals surface area contributed by atoms with Crippen LogP contribution in [0.1, 0.15) is 25.8 Å². The monoisotopic (exact) mass is 232 g/mol. The highest BCUT2D eigenvalue weighted by atomic mass is 15.2. The van der Waals surface area contributed by atoms with Crippen LogP contribution in [0.15, 0.2) is 30.3 Å². The highest BCUT2D eigenvalue weighted by molar-refractivity contribution is 5.14. The van der Waals surface area contributed by atoms with Crippen molar-refractivity contribution in [3.63, 3.8) is 0 Å². The molecule has 2 nitrogen and oxygen atoms in total. The molecule has 2 rings (SSSR count). The van der Waals surface area contributed by atoms with Crippen molar-refractivity contribution in [2.75, 3.05) is 20.1 Å². The molecule has 0 spiro atoms. The van der Waals surface area contributed by atoms with Crippen molar-refractivity contribution in [1.82, 2.24) is 9.80 Å². The SMILES string of the molecule is CC(C)N(C)[C@H]1CCN(Cc2ccccc2)C1. The lowest BCUT2D eigenvalue weighted by molar-refractivity contribution is 0.190. The normalized spacial score (nSPS) is 21.6. The van der Waals surface area contributed by atoms with E-state index in [9.17, 15) is 0 Å². The fourth-order valence-corrected chi connectivity index (χ4v) is 2.55. The van der Waals surface area contributed by atoms with E-state index in [1.807, 2.05) is 0 Å². The van der Waals surface area contributed by atoms with Crippen molar-refractivity contribution in [2.45, 2.75) is 38.9 Å². The smallest absolute Gasteiger partial charge is 0.0235 e. The number of hydrogen-bond donors (Lipinski definition) is 0. The van der Waals surface area contributed by atoms with Crippen LogP contribution in [0.5, 0.6) is 0 Å². The van der Waals surface area contributed by atoms with E-state index in [0.29, 0.717) is 6.04 Å². The van der Waals surface area contributed by atoms with E-state index >= 15 is 0 Å². The summed E-state index contributed by atoms with van der Waals surface area (Å²) in [5, 5.41) is 0. The van der Waals surface area contributed by atoms with Crippen LogP contribution in [0.2, 0.25) is 0 Å². The molecular formula is C15H24N2. The zero-order chi connectivity index (χ0) is 12.3. The average molecular weight is 232 g/mol. The summed E-state index contributed by atoms with van der Waals surface area (Å²) < 4.78 is 0. The maximum atomic E-state index is 2.57. The Labute approximate surface area is 105 Å². The first-order valence-electron chi connectivity index (χ1n) is 6.65. The largest absolute Gasteiger partial charge is 0.300 e. The second-order valence-corrected chi connectivity index (χ2v) is 5.42. The van der Waals surface area contributed by atoms with E-state index in [1.54, 1.807) is 0 Å². The zero-order valence-electron chi connectivity index (χ0n) is 11.3. The summed E-state index contributed by atoms with van der Waals surface area (Å²) in [5.74, 6) is 0. The molecule has 1 aromatic rings. The summed E-state index contributed by atoms with van der Waals surface area (Å²) in [6.07, 6.45) is 1.31. The summed E-state index contributed by atoms with van der Waals surface area (Å²) in [4.78, 5) is 5.07. The van der Waals surface area contributed by atoms with Crippen molar-refractivity contribution in [2.24, 2.45) is 0 Å². The van der Waals surface area contributed by atoms with Gasteiger partial charge in [-0.25, -0.2) is 0 Å². The molecule has 2 heteroatoms. The first-order chi connectivity index (χ1) is 8.16. The lowest BCUT2D eigenvalue weighted by Gasteiger charge is -2.28. The van der Waals surface area contributed by atoms with Gasteiger partial charge in [0.25, 0.3) is 0 Å². The van der Waals surface area contributed by atoms with E-state index in [0.717, 1.165) is 12.6 Å². The third-order valence-electron chi connectivity index (χ3n) is 3.89. The molecule has 1 saturated heterocycles. The van der Waals surface area contributed by atoms with E-state index in [2.05, 4.69) is 61.0 Å². The molecule has 17 heavy (non-hydrogen) atoms. The predicted octanol–water partition coefficient (Wildman–Crippen LogP) is 2.60. The Balaban J connectivity index is 1.86. The van der Waals surface area contributed by atoms with Gasteiger partial charge in [-0.1, -0.05) is 30.3 Å². The molecule has 0 aromatic heterocycles. The standard InChI is InChI=1S/C15H24N2/c1-13(2)16(3)15-9-10-17(12-15)11-14-7-5-4-6-8-14/h4-8,13,15H,9-12H2,1-3H3/t15-/m0/s1. The van der Waals surface area contributed by atoms with E-state index in [1.165, 1.54) is 25.1 Å². The van der Waals surface area contributed by atoms with Gasteiger partial charge in [0, 0.05) is 31.7 Å². The van der Waals surface area contributed by atoms with Crippen molar-refractivity contribution in [3.05, 3.63) is 35.9 Å². The Morgan fingerprint density at radius 2 is 2.00 bits per heavy atom. The van der Waals surface area contributed by atoms with Crippen LogP contribution in [0, 0.1) is 0 Å². The summed E-state index contributed by atoms with van der Waals surface area (Å²) >= 11 is 0. The van der Waals surface area contributed by atoms with Gasteiger partial charge in [0.1, 0.15) is 0 Å². The van der Waals surface area contributed by atoms with Crippen LogP contribution >= 0.6 is 0 Å². The van der Waals surface area contributed by atoms with Gasteiger partial charge in [-0.3, -0.25) is 9.80 Å². The van der Waals surface area contributed by atoms with Crippen molar-refractivity contribution >= 4 is 0 Å². The molecule has 1 aromatic carbocycles. The Bertz CT molecular complexity index is 334. The highest BCUT2D eigenvalue weighted by Crippen LogP contribution is 2.18. The molecule has 0 bridgehead atoms. The van der Waals surface area contributed by atoms with Crippen LogP contribution in [0.25, 0.3) is 0 Å². The molecule has 0 amide bonds. The summed E-state index contributed by atoms with van der Waals surface area (Å²) in [6, 6.07) is 12.2. The van der Waals surface area contributed by atoms with Crippen LogP contribution < -0.4 is 0 Å².